The second kappa shape index (κ2) is 7.63. The van der Waals surface area contributed by atoms with Gasteiger partial charge >= 0.3 is 11.9 Å². The molecule has 1 aromatic carbocycles. The third-order valence-electron chi connectivity index (χ3n) is 3.29. The van der Waals surface area contributed by atoms with Crippen molar-refractivity contribution in [2.75, 3.05) is 6.61 Å². The first-order valence-corrected chi connectivity index (χ1v) is 7.55. The normalized spacial score (nSPS) is 11.8. The van der Waals surface area contributed by atoms with Crippen LogP contribution in [0.25, 0.3) is 11.0 Å². The van der Waals surface area contributed by atoms with E-state index in [1.165, 1.54) is 13.8 Å². The van der Waals surface area contributed by atoms with Crippen LogP contribution in [0.3, 0.4) is 0 Å². The van der Waals surface area contributed by atoms with E-state index in [0.717, 1.165) is 0 Å². The minimum absolute atomic E-state index is 0.0121. The lowest BCUT2D eigenvalue weighted by Gasteiger charge is -2.12. The standard InChI is InChI=1S/C17H19NO6/c1-4-22-17(21)15-13(12-7-5-6-8-14(12)24-15)9-23-16(20)10(2)18-11(3)19/h5-8,10H,4,9H2,1-3H3,(H,18,19)/t10-/m0/s1. The highest BCUT2D eigenvalue weighted by Gasteiger charge is 2.23. The summed E-state index contributed by atoms with van der Waals surface area (Å²) in [5.41, 5.74) is 0.939. The zero-order valence-electron chi connectivity index (χ0n) is 13.8. The molecule has 0 aliphatic carbocycles. The second-order valence-electron chi connectivity index (χ2n) is 5.16. The van der Waals surface area contributed by atoms with E-state index >= 15 is 0 Å². The monoisotopic (exact) mass is 333 g/mol. The number of rotatable bonds is 6. The molecule has 1 heterocycles. The molecule has 0 radical (unpaired) electrons. The van der Waals surface area contributed by atoms with E-state index in [0.29, 0.717) is 16.5 Å². The minimum Gasteiger partial charge on any atom is -0.460 e. The zero-order chi connectivity index (χ0) is 17.7. The predicted octanol–water partition coefficient (Wildman–Crippen LogP) is 2.18. The molecule has 1 N–H and O–H groups in total. The van der Waals surface area contributed by atoms with E-state index in [9.17, 15) is 14.4 Å². The van der Waals surface area contributed by atoms with Gasteiger partial charge < -0.3 is 19.2 Å². The Hall–Kier alpha value is -2.83. The van der Waals surface area contributed by atoms with Gasteiger partial charge in [-0.25, -0.2) is 9.59 Å². The number of esters is 2. The molecule has 0 saturated heterocycles. The number of carbonyl (C=O) groups is 3. The Morgan fingerprint density at radius 1 is 1.21 bits per heavy atom. The molecule has 2 aromatic rings. The number of benzene rings is 1. The summed E-state index contributed by atoms with van der Waals surface area (Å²) in [6.07, 6.45) is 0. The van der Waals surface area contributed by atoms with Crippen LogP contribution in [0.4, 0.5) is 0 Å². The molecule has 0 bridgehead atoms. The molecule has 0 spiro atoms. The lowest BCUT2D eigenvalue weighted by atomic mass is 10.1. The first kappa shape index (κ1) is 17.5. The Bertz CT molecular complexity index is 764. The molecule has 7 heteroatoms. The van der Waals surface area contributed by atoms with E-state index in [1.54, 1.807) is 31.2 Å². The summed E-state index contributed by atoms with van der Waals surface area (Å²) < 4.78 is 15.7. The van der Waals surface area contributed by atoms with Crippen LogP contribution in [0.2, 0.25) is 0 Å². The van der Waals surface area contributed by atoms with Crippen molar-refractivity contribution in [3.05, 3.63) is 35.6 Å². The van der Waals surface area contributed by atoms with Crippen LogP contribution in [0.15, 0.2) is 28.7 Å². The average Bonchev–Trinajstić information content (AvgIpc) is 2.91. The first-order chi connectivity index (χ1) is 11.4. The second-order valence-corrected chi connectivity index (χ2v) is 5.16. The fourth-order valence-corrected chi connectivity index (χ4v) is 2.24. The Kier molecular flexibility index (Phi) is 5.57. The largest absolute Gasteiger partial charge is 0.460 e. The average molecular weight is 333 g/mol. The summed E-state index contributed by atoms with van der Waals surface area (Å²) in [6.45, 7) is 4.56. The fourth-order valence-electron chi connectivity index (χ4n) is 2.24. The van der Waals surface area contributed by atoms with Crippen molar-refractivity contribution in [3.63, 3.8) is 0 Å². The van der Waals surface area contributed by atoms with E-state index in [1.807, 2.05) is 0 Å². The molecule has 24 heavy (non-hydrogen) atoms. The number of ether oxygens (including phenoxy) is 2. The molecule has 7 nitrogen and oxygen atoms in total. The van der Waals surface area contributed by atoms with Crippen molar-refractivity contribution in [1.82, 2.24) is 5.32 Å². The van der Waals surface area contributed by atoms with Crippen LogP contribution in [0, 0.1) is 0 Å². The maximum absolute atomic E-state index is 12.0. The Labute approximate surface area is 138 Å². The third kappa shape index (κ3) is 3.92. The zero-order valence-corrected chi connectivity index (χ0v) is 13.8. The smallest absolute Gasteiger partial charge is 0.374 e. The third-order valence-corrected chi connectivity index (χ3v) is 3.29. The quantitative estimate of drug-likeness (QED) is 0.814. The van der Waals surface area contributed by atoms with Crippen LogP contribution in [-0.2, 0) is 25.7 Å². The maximum atomic E-state index is 12.0. The highest BCUT2D eigenvalue weighted by Crippen LogP contribution is 2.27. The lowest BCUT2D eigenvalue weighted by molar-refractivity contribution is -0.148. The predicted molar refractivity (Wildman–Crippen MR) is 85.2 cm³/mol. The highest BCUT2D eigenvalue weighted by molar-refractivity contribution is 5.96. The molecule has 0 saturated carbocycles. The lowest BCUT2D eigenvalue weighted by Crippen LogP contribution is -2.38. The van der Waals surface area contributed by atoms with Gasteiger partial charge in [-0.3, -0.25) is 4.79 Å². The fraction of sp³-hybridized carbons (Fsp3) is 0.353. The van der Waals surface area contributed by atoms with E-state index in [-0.39, 0.29) is 24.9 Å². The molecule has 0 fully saturated rings. The van der Waals surface area contributed by atoms with Crippen molar-refractivity contribution in [1.29, 1.82) is 0 Å². The Balaban J connectivity index is 2.23. The topological polar surface area (TPSA) is 94.8 Å². The van der Waals surface area contributed by atoms with Crippen molar-refractivity contribution >= 4 is 28.8 Å². The molecule has 1 atom stereocenters. The Morgan fingerprint density at radius 3 is 2.58 bits per heavy atom. The molecular weight excluding hydrogens is 314 g/mol. The van der Waals surface area contributed by atoms with Crippen molar-refractivity contribution < 1.29 is 28.3 Å². The van der Waals surface area contributed by atoms with Gasteiger partial charge in [0.2, 0.25) is 11.7 Å². The molecule has 1 aromatic heterocycles. The van der Waals surface area contributed by atoms with Gasteiger partial charge in [0.25, 0.3) is 0 Å². The van der Waals surface area contributed by atoms with Crippen LogP contribution in [-0.4, -0.2) is 30.5 Å². The van der Waals surface area contributed by atoms with Gasteiger partial charge in [0.15, 0.2) is 0 Å². The van der Waals surface area contributed by atoms with Gasteiger partial charge in [-0.2, -0.15) is 0 Å². The van der Waals surface area contributed by atoms with E-state index in [2.05, 4.69) is 5.32 Å². The molecule has 2 rings (SSSR count). The van der Waals surface area contributed by atoms with Crippen molar-refractivity contribution in [2.24, 2.45) is 0 Å². The molecule has 1 amide bonds. The Morgan fingerprint density at radius 2 is 1.92 bits per heavy atom. The van der Waals surface area contributed by atoms with Gasteiger partial charge in [-0.05, 0) is 19.9 Å². The summed E-state index contributed by atoms with van der Waals surface area (Å²) in [4.78, 5) is 35.0. The number of nitrogens with one attached hydrogen (secondary N) is 1. The molecule has 0 unspecified atom stereocenters. The van der Waals surface area contributed by atoms with E-state index in [4.69, 9.17) is 13.9 Å². The number of furan rings is 1. The number of hydrogen-bond donors (Lipinski definition) is 1. The van der Waals surface area contributed by atoms with Gasteiger partial charge in [0.05, 0.1) is 12.2 Å². The molecular formula is C17H19NO6. The van der Waals surface area contributed by atoms with Gasteiger partial charge in [0.1, 0.15) is 18.2 Å². The summed E-state index contributed by atoms with van der Waals surface area (Å²) in [6, 6.07) is 6.25. The van der Waals surface area contributed by atoms with Crippen molar-refractivity contribution in [3.8, 4) is 0 Å². The molecule has 0 aliphatic rings. The number of carbonyl (C=O) groups excluding carboxylic acids is 3. The first-order valence-electron chi connectivity index (χ1n) is 7.55. The molecule has 128 valence electrons. The molecule has 0 aliphatic heterocycles. The summed E-state index contributed by atoms with van der Waals surface area (Å²) in [5.74, 6) is -1.54. The van der Waals surface area contributed by atoms with Gasteiger partial charge in [0, 0.05) is 12.3 Å². The van der Waals surface area contributed by atoms with Crippen molar-refractivity contribution in [2.45, 2.75) is 33.4 Å². The van der Waals surface area contributed by atoms with Gasteiger partial charge in [-0.1, -0.05) is 18.2 Å². The summed E-state index contributed by atoms with van der Waals surface area (Å²) in [7, 11) is 0. The summed E-state index contributed by atoms with van der Waals surface area (Å²) in [5, 5.41) is 3.11. The maximum Gasteiger partial charge on any atom is 0.374 e. The number of amides is 1. The van der Waals surface area contributed by atoms with Gasteiger partial charge in [-0.15, -0.1) is 0 Å². The minimum atomic E-state index is -0.785. The summed E-state index contributed by atoms with van der Waals surface area (Å²) >= 11 is 0. The van der Waals surface area contributed by atoms with Crippen LogP contribution in [0.5, 0.6) is 0 Å². The SMILES string of the molecule is CCOC(=O)c1oc2ccccc2c1COC(=O)[C@H](C)NC(C)=O. The van der Waals surface area contributed by atoms with Crippen LogP contribution >= 0.6 is 0 Å². The highest BCUT2D eigenvalue weighted by atomic mass is 16.5. The number of hydrogen-bond acceptors (Lipinski definition) is 6. The van der Waals surface area contributed by atoms with Crippen LogP contribution in [0.1, 0.15) is 36.9 Å². The number of para-hydroxylation sites is 1. The van der Waals surface area contributed by atoms with E-state index < -0.39 is 18.0 Å². The van der Waals surface area contributed by atoms with Crippen LogP contribution < -0.4 is 5.32 Å². The number of fused-ring (bicyclic) bond motifs is 1.